The molecule has 1 aromatic carbocycles. The number of nitrogens with two attached hydrogens (primary N) is 1. The Balaban J connectivity index is 2.09. The van der Waals surface area contributed by atoms with Gasteiger partial charge in [0.1, 0.15) is 11.9 Å². The van der Waals surface area contributed by atoms with Crippen LogP contribution in [0.25, 0.3) is 0 Å². The molecule has 0 amide bonds. The molecule has 0 aliphatic heterocycles. The fraction of sp³-hybridized carbons (Fsp3) is 0.375. The third-order valence-corrected chi connectivity index (χ3v) is 3.96. The van der Waals surface area contributed by atoms with Crippen LogP contribution in [0, 0.1) is 0 Å². The predicted molar refractivity (Wildman–Crippen MR) is 81.8 cm³/mol. The molecule has 0 saturated heterocycles. The molecule has 2 nitrogen and oxygen atoms in total. The van der Waals surface area contributed by atoms with Gasteiger partial charge >= 0.3 is 0 Å². The quantitative estimate of drug-likeness (QED) is 0.859. The van der Waals surface area contributed by atoms with Crippen molar-refractivity contribution in [1.82, 2.24) is 0 Å². The average Bonchev–Trinajstić information content (AvgIpc) is 2.91. The minimum atomic E-state index is -0.0722. The van der Waals surface area contributed by atoms with Crippen LogP contribution in [0.5, 0.6) is 5.75 Å². The molecular formula is C16H21NOS. The molecule has 3 heteroatoms. The lowest BCUT2D eigenvalue weighted by atomic mass is 10.1. The Morgan fingerprint density at radius 2 is 1.95 bits per heavy atom. The van der Waals surface area contributed by atoms with Gasteiger partial charge in [-0.2, -0.15) is 0 Å². The Kier molecular flexibility index (Phi) is 5.00. The fourth-order valence-electron chi connectivity index (χ4n) is 2.05. The van der Waals surface area contributed by atoms with Gasteiger partial charge in [-0.15, -0.1) is 11.3 Å². The number of ether oxygens (including phenoxy) is 1. The maximum atomic E-state index is 6.04. The number of benzene rings is 1. The first-order valence-electron chi connectivity index (χ1n) is 6.75. The molecule has 102 valence electrons. The van der Waals surface area contributed by atoms with E-state index in [1.165, 1.54) is 10.4 Å². The number of thiophene rings is 1. The van der Waals surface area contributed by atoms with Gasteiger partial charge in [-0.05, 0) is 42.5 Å². The van der Waals surface area contributed by atoms with Crippen molar-refractivity contribution >= 4 is 11.3 Å². The fourth-order valence-corrected chi connectivity index (χ4v) is 2.92. The van der Waals surface area contributed by atoms with Crippen LogP contribution in [-0.2, 0) is 6.42 Å². The van der Waals surface area contributed by atoms with Crippen molar-refractivity contribution in [3.8, 4) is 5.75 Å². The molecule has 0 spiro atoms. The molecule has 0 aliphatic carbocycles. The van der Waals surface area contributed by atoms with Crippen molar-refractivity contribution in [2.24, 2.45) is 5.73 Å². The van der Waals surface area contributed by atoms with Gasteiger partial charge in [-0.1, -0.05) is 31.5 Å². The summed E-state index contributed by atoms with van der Waals surface area (Å²) in [6.07, 6.45) is 2.21. The molecule has 2 N–H and O–H groups in total. The molecule has 0 saturated carbocycles. The molecule has 1 heterocycles. The molecule has 0 aliphatic rings. The van der Waals surface area contributed by atoms with E-state index in [2.05, 4.69) is 30.5 Å². The van der Waals surface area contributed by atoms with Crippen LogP contribution < -0.4 is 10.5 Å². The molecule has 2 atom stereocenters. The van der Waals surface area contributed by atoms with E-state index < -0.39 is 0 Å². The maximum Gasteiger partial charge on any atom is 0.148 e. The highest BCUT2D eigenvalue weighted by Crippen LogP contribution is 2.27. The Bertz CT molecular complexity index is 476. The summed E-state index contributed by atoms with van der Waals surface area (Å²) < 4.78 is 6.04. The van der Waals surface area contributed by atoms with E-state index in [-0.39, 0.29) is 12.1 Å². The molecule has 2 unspecified atom stereocenters. The van der Waals surface area contributed by atoms with Crippen molar-refractivity contribution in [2.75, 3.05) is 0 Å². The summed E-state index contributed by atoms with van der Waals surface area (Å²) in [4.78, 5) is 1.17. The van der Waals surface area contributed by atoms with E-state index in [1.807, 2.05) is 25.1 Å². The minimum Gasteiger partial charge on any atom is -0.483 e. The summed E-state index contributed by atoms with van der Waals surface area (Å²) in [5.41, 5.74) is 7.39. The molecule has 0 bridgehead atoms. The van der Waals surface area contributed by atoms with Crippen molar-refractivity contribution in [2.45, 2.75) is 38.8 Å². The topological polar surface area (TPSA) is 35.2 Å². The number of aryl methyl sites for hydroxylation is 1. The standard InChI is InChI=1S/C16H21NOS/c1-3-5-13-7-9-14(10-8-13)18-16(12(2)17)15-6-4-11-19-15/h4,6-12,16H,3,5,17H2,1-2H3. The van der Waals surface area contributed by atoms with Gasteiger partial charge in [0.2, 0.25) is 0 Å². The molecule has 2 rings (SSSR count). The van der Waals surface area contributed by atoms with Crippen molar-refractivity contribution < 1.29 is 4.74 Å². The zero-order valence-corrected chi connectivity index (χ0v) is 12.3. The second kappa shape index (κ2) is 6.73. The highest BCUT2D eigenvalue weighted by Gasteiger charge is 2.19. The number of rotatable bonds is 6. The van der Waals surface area contributed by atoms with Crippen LogP contribution in [0.2, 0.25) is 0 Å². The van der Waals surface area contributed by atoms with Crippen LogP contribution in [0.1, 0.15) is 36.8 Å². The van der Waals surface area contributed by atoms with Crippen LogP contribution in [-0.4, -0.2) is 6.04 Å². The Hall–Kier alpha value is -1.32. The maximum absolute atomic E-state index is 6.04. The van der Waals surface area contributed by atoms with Crippen LogP contribution in [0.4, 0.5) is 0 Å². The lowest BCUT2D eigenvalue weighted by Crippen LogP contribution is -2.28. The molecule has 1 aromatic heterocycles. The average molecular weight is 275 g/mol. The summed E-state index contributed by atoms with van der Waals surface area (Å²) in [6, 6.07) is 12.4. The van der Waals surface area contributed by atoms with Gasteiger partial charge in [0.25, 0.3) is 0 Å². The van der Waals surface area contributed by atoms with Crippen LogP contribution in [0.3, 0.4) is 0 Å². The smallest absolute Gasteiger partial charge is 0.148 e. The Morgan fingerprint density at radius 3 is 2.47 bits per heavy atom. The normalized spacial score (nSPS) is 14.1. The minimum absolute atomic E-state index is 0.0334. The second-order valence-electron chi connectivity index (χ2n) is 4.81. The first kappa shape index (κ1) is 14.1. The third-order valence-electron chi connectivity index (χ3n) is 3.03. The summed E-state index contributed by atoms with van der Waals surface area (Å²) in [6.45, 7) is 4.17. The van der Waals surface area contributed by atoms with E-state index in [9.17, 15) is 0 Å². The number of hydrogen-bond donors (Lipinski definition) is 1. The monoisotopic (exact) mass is 275 g/mol. The van der Waals surface area contributed by atoms with Crippen LogP contribution in [0.15, 0.2) is 41.8 Å². The molecule has 0 radical (unpaired) electrons. The second-order valence-corrected chi connectivity index (χ2v) is 5.79. The highest BCUT2D eigenvalue weighted by atomic mass is 32.1. The van der Waals surface area contributed by atoms with Crippen molar-refractivity contribution in [3.05, 3.63) is 52.2 Å². The van der Waals surface area contributed by atoms with E-state index in [1.54, 1.807) is 11.3 Å². The molecule has 2 aromatic rings. The van der Waals surface area contributed by atoms with Gasteiger partial charge in [-0.25, -0.2) is 0 Å². The van der Waals surface area contributed by atoms with Gasteiger partial charge < -0.3 is 10.5 Å². The molecular weight excluding hydrogens is 254 g/mol. The Labute approximate surface area is 119 Å². The lowest BCUT2D eigenvalue weighted by molar-refractivity contribution is 0.184. The van der Waals surface area contributed by atoms with E-state index in [0.29, 0.717) is 0 Å². The van der Waals surface area contributed by atoms with E-state index >= 15 is 0 Å². The van der Waals surface area contributed by atoms with E-state index in [0.717, 1.165) is 18.6 Å². The van der Waals surface area contributed by atoms with Gasteiger partial charge in [0.15, 0.2) is 0 Å². The largest absolute Gasteiger partial charge is 0.483 e. The van der Waals surface area contributed by atoms with Gasteiger partial charge in [0.05, 0.1) is 0 Å². The first-order chi connectivity index (χ1) is 9.20. The third kappa shape index (κ3) is 3.82. The zero-order valence-electron chi connectivity index (χ0n) is 11.5. The Morgan fingerprint density at radius 1 is 1.21 bits per heavy atom. The van der Waals surface area contributed by atoms with Crippen molar-refractivity contribution in [1.29, 1.82) is 0 Å². The molecule has 19 heavy (non-hydrogen) atoms. The number of hydrogen-bond acceptors (Lipinski definition) is 3. The van der Waals surface area contributed by atoms with Crippen LogP contribution >= 0.6 is 11.3 Å². The lowest BCUT2D eigenvalue weighted by Gasteiger charge is -2.21. The predicted octanol–water partition coefficient (Wildman–Crippen LogP) is 4.17. The molecule has 0 fully saturated rings. The van der Waals surface area contributed by atoms with Crippen molar-refractivity contribution in [3.63, 3.8) is 0 Å². The summed E-state index contributed by atoms with van der Waals surface area (Å²) >= 11 is 1.68. The van der Waals surface area contributed by atoms with E-state index in [4.69, 9.17) is 10.5 Å². The summed E-state index contributed by atoms with van der Waals surface area (Å²) in [5.74, 6) is 0.885. The highest BCUT2D eigenvalue weighted by molar-refractivity contribution is 7.10. The summed E-state index contributed by atoms with van der Waals surface area (Å²) in [7, 11) is 0. The first-order valence-corrected chi connectivity index (χ1v) is 7.63. The zero-order chi connectivity index (χ0) is 13.7. The summed E-state index contributed by atoms with van der Waals surface area (Å²) in [5, 5.41) is 2.05. The SMILES string of the molecule is CCCc1ccc(OC(c2cccs2)C(C)N)cc1. The van der Waals surface area contributed by atoms with Gasteiger partial charge in [0, 0.05) is 10.9 Å². The van der Waals surface area contributed by atoms with Gasteiger partial charge in [-0.3, -0.25) is 0 Å².